The van der Waals surface area contributed by atoms with Gasteiger partial charge in [-0.05, 0) is 32.0 Å². The predicted molar refractivity (Wildman–Crippen MR) is 65.4 cm³/mol. The fourth-order valence-electron chi connectivity index (χ4n) is 1.97. The van der Waals surface area contributed by atoms with Crippen LogP contribution in [0.5, 0.6) is 0 Å². The molecule has 4 nitrogen and oxygen atoms in total. The van der Waals surface area contributed by atoms with Crippen LogP contribution in [-0.2, 0) is 0 Å². The Morgan fingerprint density at radius 1 is 1.31 bits per heavy atom. The summed E-state index contributed by atoms with van der Waals surface area (Å²) in [5, 5.41) is 0. The summed E-state index contributed by atoms with van der Waals surface area (Å²) in [4.78, 5) is 15.7. The minimum atomic E-state index is 0.0700. The summed E-state index contributed by atoms with van der Waals surface area (Å²) in [5.74, 6) is 0. The third-order valence-electron chi connectivity index (χ3n) is 2.85. The molecule has 2 amide bonds. The second-order valence-corrected chi connectivity index (χ2v) is 4.32. The Kier molecular flexibility index (Phi) is 2.73. The molecule has 0 unspecified atom stereocenters. The number of hydrogen-bond acceptors (Lipinski definition) is 2. The monoisotopic (exact) mass is 219 g/mol. The highest BCUT2D eigenvalue weighted by Gasteiger charge is 2.30. The van der Waals surface area contributed by atoms with E-state index >= 15 is 0 Å². The average molecular weight is 219 g/mol. The third-order valence-corrected chi connectivity index (χ3v) is 2.85. The van der Waals surface area contributed by atoms with E-state index in [0.29, 0.717) is 5.69 Å². The Morgan fingerprint density at radius 2 is 2.06 bits per heavy atom. The molecule has 2 rings (SSSR count). The number of anilines is 2. The molecule has 1 aromatic carbocycles. The molecular formula is C12H17N3O. The minimum Gasteiger partial charge on any atom is -0.399 e. The van der Waals surface area contributed by atoms with Crippen molar-refractivity contribution in [3.8, 4) is 0 Å². The van der Waals surface area contributed by atoms with Gasteiger partial charge in [0.15, 0.2) is 0 Å². The maximum absolute atomic E-state index is 12.1. The summed E-state index contributed by atoms with van der Waals surface area (Å²) in [5.41, 5.74) is 7.29. The topological polar surface area (TPSA) is 49.6 Å². The molecule has 1 aliphatic heterocycles. The number of carbonyl (C=O) groups excluding carboxylic acids is 1. The maximum Gasteiger partial charge on any atom is 0.324 e. The van der Waals surface area contributed by atoms with Crippen molar-refractivity contribution in [2.75, 3.05) is 23.7 Å². The van der Waals surface area contributed by atoms with Gasteiger partial charge >= 0.3 is 6.03 Å². The van der Waals surface area contributed by atoms with Crippen molar-refractivity contribution in [3.05, 3.63) is 24.3 Å². The Balaban J connectivity index is 2.21. The number of nitrogens with zero attached hydrogens (tertiary/aromatic N) is 2. The predicted octanol–water partition coefficient (Wildman–Crippen LogP) is 1.92. The van der Waals surface area contributed by atoms with Gasteiger partial charge in [0.05, 0.1) is 0 Å². The van der Waals surface area contributed by atoms with Crippen molar-refractivity contribution in [1.29, 1.82) is 0 Å². The Hall–Kier alpha value is -1.71. The van der Waals surface area contributed by atoms with E-state index in [1.807, 2.05) is 43.0 Å². The van der Waals surface area contributed by atoms with E-state index in [2.05, 4.69) is 0 Å². The first-order valence-electron chi connectivity index (χ1n) is 5.53. The van der Waals surface area contributed by atoms with E-state index in [9.17, 15) is 4.79 Å². The van der Waals surface area contributed by atoms with Crippen LogP contribution in [0.2, 0.25) is 0 Å². The van der Waals surface area contributed by atoms with Crippen LogP contribution in [0.15, 0.2) is 24.3 Å². The van der Waals surface area contributed by atoms with Crippen LogP contribution in [0.3, 0.4) is 0 Å². The molecule has 1 saturated heterocycles. The zero-order chi connectivity index (χ0) is 11.7. The summed E-state index contributed by atoms with van der Waals surface area (Å²) in [6, 6.07) is 7.76. The molecule has 1 aliphatic rings. The van der Waals surface area contributed by atoms with E-state index in [1.54, 1.807) is 4.90 Å². The van der Waals surface area contributed by atoms with E-state index in [1.165, 1.54) is 0 Å². The lowest BCUT2D eigenvalue weighted by Crippen LogP contribution is -2.36. The highest BCUT2D eigenvalue weighted by molar-refractivity contribution is 5.94. The molecule has 0 aliphatic carbocycles. The quantitative estimate of drug-likeness (QED) is 0.772. The summed E-state index contributed by atoms with van der Waals surface area (Å²) in [6.45, 7) is 5.58. The number of nitrogen functional groups attached to an aromatic ring is 1. The number of amides is 2. The van der Waals surface area contributed by atoms with E-state index < -0.39 is 0 Å². The molecule has 86 valence electrons. The molecule has 0 saturated carbocycles. The zero-order valence-electron chi connectivity index (χ0n) is 9.68. The van der Waals surface area contributed by atoms with Gasteiger partial charge in [-0.1, -0.05) is 6.07 Å². The maximum atomic E-state index is 12.1. The Labute approximate surface area is 95.6 Å². The van der Waals surface area contributed by atoms with Gasteiger partial charge in [-0.3, -0.25) is 4.90 Å². The van der Waals surface area contributed by atoms with E-state index in [4.69, 9.17) is 5.73 Å². The first-order chi connectivity index (χ1) is 7.59. The highest BCUT2D eigenvalue weighted by Crippen LogP contribution is 2.23. The number of urea groups is 1. The number of carbonyl (C=O) groups is 1. The molecule has 16 heavy (non-hydrogen) atoms. The molecule has 1 aromatic rings. The van der Waals surface area contributed by atoms with Gasteiger partial charge < -0.3 is 10.6 Å². The van der Waals surface area contributed by atoms with Crippen LogP contribution in [-0.4, -0.2) is 30.1 Å². The second-order valence-electron chi connectivity index (χ2n) is 4.32. The van der Waals surface area contributed by atoms with Crippen LogP contribution in [0.25, 0.3) is 0 Å². The van der Waals surface area contributed by atoms with Gasteiger partial charge in [0.2, 0.25) is 0 Å². The van der Waals surface area contributed by atoms with E-state index in [-0.39, 0.29) is 12.1 Å². The lowest BCUT2D eigenvalue weighted by atomic mass is 10.2. The van der Waals surface area contributed by atoms with Gasteiger partial charge in [0.25, 0.3) is 0 Å². The molecule has 0 bridgehead atoms. The second kappa shape index (κ2) is 4.04. The first kappa shape index (κ1) is 10.8. The average Bonchev–Trinajstić information content (AvgIpc) is 2.60. The number of rotatable bonds is 2. The largest absolute Gasteiger partial charge is 0.399 e. The van der Waals surface area contributed by atoms with Crippen molar-refractivity contribution >= 4 is 17.4 Å². The van der Waals surface area contributed by atoms with Gasteiger partial charge in [0.1, 0.15) is 0 Å². The molecule has 2 N–H and O–H groups in total. The van der Waals surface area contributed by atoms with Crippen LogP contribution in [0.4, 0.5) is 16.2 Å². The van der Waals surface area contributed by atoms with Gasteiger partial charge in [0, 0.05) is 30.5 Å². The van der Waals surface area contributed by atoms with Crippen LogP contribution < -0.4 is 10.6 Å². The number of nitrogens with two attached hydrogens (primary N) is 1. The molecule has 0 aromatic heterocycles. The smallest absolute Gasteiger partial charge is 0.324 e. The fraction of sp³-hybridized carbons (Fsp3) is 0.417. The van der Waals surface area contributed by atoms with Crippen LogP contribution in [0.1, 0.15) is 13.8 Å². The summed E-state index contributed by atoms with van der Waals surface area (Å²) in [6.07, 6.45) is 0. The lowest BCUT2D eigenvalue weighted by Gasteiger charge is -2.21. The lowest BCUT2D eigenvalue weighted by molar-refractivity contribution is 0.209. The first-order valence-corrected chi connectivity index (χ1v) is 5.53. The molecule has 0 spiro atoms. The summed E-state index contributed by atoms with van der Waals surface area (Å²) in [7, 11) is 0. The number of hydrogen-bond donors (Lipinski definition) is 1. The zero-order valence-corrected chi connectivity index (χ0v) is 9.68. The standard InChI is InChI=1S/C12H17N3O/c1-9(2)14-6-7-15(12(14)16)11-5-3-4-10(13)8-11/h3-5,8-9H,6-7,13H2,1-2H3. The van der Waals surface area contributed by atoms with Crippen LogP contribution >= 0.6 is 0 Å². The molecular weight excluding hydrogens is 202 g/mol. The molecule has 4 heteroatoms. The molecule has 0 atom stereocenters. The van der Waals surface area contributed by atoms with Crippen LogP contribution in [0, 0.1) is 0 Å². The Morgan fingerprint density at radius 3 is 2.62 bits per heavy atom. The highest BCUT2D eigenvalue weighted by atomic mass is 16.2. The van der Waals surface area contributed by atoms with Crippen molar-refractivity contribution in [3.63, 3.8) is 0 Å². The summed E-state index contributed by atoms with van der Waals surface area (Å²) < 4.78 is 0. The molecule has 0 radical (unpaired) electrons. The molecule has 1 heterocycles. The minimum absolute atomic E-state index is 0.0700. The van der Waals surface area contributed by atoms with Crippen molar-refractivity contribution in [1.82, 2.24) is 4.90 Å². The molecule has 1 fully saturated rings. The third kappa shape index (κ3) is 1.83. The SMILES string of the molecule is CC(C)N1CCN(c2cccc(N)c2)C1=O. The van der Waals surface area contributed by atoms with Gasteiger partial charge in [-0.15, -0.1) is 0 Å². The van der Waals surface area contributed by atoms with E-state index in [0.717, 1.165) is 18.8 Å². The number of benzene rings is 1. The van der Waals surface area contributed by atoms with Crippen molar-refractivity contribution in [2.24, 2.45) is 0 Å². The summed E-state index contributed by atoms with van der Waals surface area (Å²) >= 11 is 0. The van der Waals surface area contributed by atoms with Gasteiger partial charge in [-0.2, -0.15) is 0 Å². The fourth-order valence-corrected chi connectivity index (χ4v) is 1.97. The Bertz CT molecular complexity index is 403. The van der Waals surface area contributed by atoms with Gasteiger partial charge in [-0.25, -0.2) is 4.79 Å². The van der Waals surface area contributed by atoms with Crippen molar-refractivity contribution < 1.29 is 4.79 Å². The van der Waals surface area contributed by atoms with Crippen molar-refractivity contribution in [2.45, 2.75) is 19.9 Å². The normalized spacial score (nSPS) is 16.3.